The van der Waals surface area contributed by atoms with Crippen molar-refractivity contribution in [2.45, 2.75) is 52.0 Å². The molecular formula is C23H30N4O2. The molecule has 6 heteroatoms. The van der Waals surface area contributed by atoms with Crippen LogP contribution in [0.15, 0.2) is 18.2 Å². The number of hydrogen-bond donors (Lipinski definition) is 1. The fraction of sp³-hybridized carbons (Fsp3) is 0.478. The first-order valence-electron chi connectivity index (χ1n) is 10.3. The number of nitrogens with two attached hydrogens (primary N) is 1. The molecule has 3 aromatic rings. The molecule has 2 N–H and O–H groups in total. The van der Waals surface area contributed by atoms with Crippen LogP contribution < -0.4 is 10.5 Å². The molecule has 1 aliphatic rings. The topological polar surface area (TPSA) is 74.7 Å². The van der Waals surface area contributed by atoms with Crippen molar-refractivity contribution in [2.24, 2.45) is 5.73 Å². The SMILES string of the molecule is CC[C@H](COC)c1c2c(nc3c(-c4ccc(OC)cc4C)c(C)nn13)C(N)CC2. The summed E-state index contributed by atoms with van der Waals surface area (Å²) < 4.78 is 13.0. The maximum atomic E-state index is 6.45. The maximum Gasteiger partial charge on any atom is 0.163 e. The summed E-state index contributed by atoms with van der Waals surface area (Å²) >= 11 is 0. The predicted molar refractivity (Wildman–Crippen MR) is 115 cm³/mol. The zero-order valence-corrected chi connectivity index (χ0v) is 18.0. The Morgan fingerprint density at radius 3 is 2.72 bits per heavy atom. The van der Waals surface area contributed by atoms with Gasteiger partial charge in [0, 0.05) is 24.6 Å². The predicted octanol–water partition coefficient (Wildman–Crippen LogP) is 4.11. The second kappa shape index (κ2) is 7.76. The van der Waals surface area contributed by atoms with E-state index in [1.807, 2.05) is 6.07 Å². The molecule has 6 nitrogen and oxygen atoms in total. The highest BCUT2D eigenvalue weighted by molar-refractivity contribution is 5.82. The molecule has 0 saturated carbocycles. The first-order chi connectivity index (χ1) is 14.0. The standard InChI is InChI=1S/C23H30N4O2/c1-6-15(12-28-4)22-18-9-10-19(24)21(18)25-23-20(14(3)26-27(22)23)17-8-7-16(29-5)11-13(17)2/h7-8,11,15,19H,6,9-10,12,24H2,1-5H3/t15-,19?/m1/s1. The Labute approximate surface area is 172 Å². The third-order valence-electron chi connectivity index (χ3n) is 6.12. The van der Waals surface area contributed by atoms with Crippen LogP contribution in [0.3, 0.4) is 0 Å². The van der Waals surface area contributed by atoms with Crippen LogP contribution in [-0.4, -0.2) is 35.4 Å². The summed E-state index contributed by atoms with van der Waals surface area (Å²) in [5, 5.41) is 4.95. The Bertz CT molecular complexity index is 1060. The molecule has 1 aliphatic carbocycles. The lowest BCUT2D eigenvalue weighted by Crippen LogP contribution is -2.17. The van der Waals surface area contributed by atoms with E-state index in [0.717, 1.165) is 58.7 Å². The van der Waals surface area contributed by atoms with Gasteiger partial charge in [0.25, 0.3) is 0 Å². The van der Waals surface area contributed by atoms with Crippen molar-refractivity contribution in [3.05, 3.63) is 46.4 Å². The number of ether oxygens (including phenoxy) is 2. The van der Waals surface area contributed by atoms with Gasteiger partial charge in [0.05, 0.1) is 30.8 Å². The van der Waals surface area contributed by atoms with Gasteiger partial charge in [-0.25, -0.2) is 9.50 Å². The summed E-state index contributed by atoms with van der Waals surface area (Å²) in [4.78, 5) is 5.06. The van der Waals surface area contributed by atoms with Crippen LogP contribution in [0.4, 0.5) is 0 Å². The van der Waals surface area contributed by atoms with Crippen molar-refractivity contribution < 1.29 is 9.47 Å². The molecule has 29 heavy (non-hydrogen) atoms. The number of methoxy groups -OCH3 is 2. The summed E-state index contributed by atoms with van der Waals surface area (Å²) in [6.07, 6.45) is 2.86. The van der Waals surface area contributed by atoms with E-state index < -0.39 is 0 Å². The summed E-state index contributed by atoms with van der Waals surface area (Å²) in [6.45, 7) is 7.01. The van der Waals surface area contributed by atoms with Crippen LogP contribution in [0, 0.1) is 13.8 Å². The Morgan fingerprint density at radius 1 is 1.28 bits per heavy atom. The van der Waals surface area contributed by atoms with E-state index >= 15 is 0 Å². The zero-order valence-electron chi connectivity index (χ0n) is 18.0. The quantitative estimate of drug-likeness (QED) is 0.681. The van der Waals surface area contributed by atoms with Crippen LogP contribution in [0.5, 0.6) is 5.75 Å². The third kappa shape index (κ3) is 3.20. The highest BCUT2D eigenvalue weighted by atomic mass is 16.5. The second-order valence-corrected chi connectivity index (χ2v) is 7.94. The third-order valence-corrected chi connectivity index (χ3v) is 6.12. The van der Waals surface area contributed by atoms with Gasteiger partial charge in [-0.05, 0) is 61.9 Å². The van der Waals surface area contributed by atoms with Gasteiger partial charge in [-0.15, -0.1) is 0 Å². The average Bonchev–Trinajstić information content (AvgIpc) is 3.24. The first kappa shape index (κ1) is 19.9. The Balaban J connectivity index is 2.02. The fourth-order valence-electron chi connectivity index (χ4n) is 4.60. The molecule has 0 saturated heterocycles. The molecule has 0 radical (unpaired) electrons. The van der Waals surface area contributed by atoms with Crippen molar-refractivity contribution >= 4 is 5.65 Å². The van der Waals surface area contributed by atoms with Gasteiger partial charge in [-0.2, -0.15) is 5.10 Å². The van der Waals surface area contributed by atoms with Crippen molar-refractivity contribution in [3.8, 4) is 16.9 Å². The maximum absolute atomic E-state index is 6.45. The summed E-state index contributed by atoms with van der Waals surface area (Å²) in [5.41, 5.74) is 15.1. The molecule has 0 bridgehead atoms. The molecule has 0 amide bonds. The van der Waals surface area contributed by atoms with Crippen LogP contribution in [0.1, 0.15) is 59.9 Å². The van der Waals surface area contributed by atoms with Gasteiger partial charge < -0.3 is 15.2 Å². The summed E-state index contributed by atoms with van der Waals surface area (Å²) in [7, 11) is 3.45. The number of benzene rings is 1. The molecule has 0 aliphatic heterocycles. The molecule has 2 heterocycles. The molecule has 1 unspecified atom stereocenters. The van der Waals surface area contributed by atoms with Gasteiger partial charge in [-0.3, -0.25) is 0 Å². The average molecular weight is 395 g/mol. The minimum atomic E-state index is -0.0196. The number of aryl methyl sites for hydroxylation is 2. The molecule has 0 fully saturated rings. The summed E-state index contributed by atoms with van der Waals surface area (Å²) in [6, 6.07) is 6.12. The van der Waals surface area contributed by atoms with Gasteiger partial charge in [0.2, 0.25) is 0 Å². The van der Waals surface area contributed by atoms with Crippen molar-refractivity contribution in [2.75, 3.05) is 20.8 Å². The lowest BCUT2D eigenvalue weighted by atomic mass is 9.96. The molecule has 4 rings (SSSR count). The minimum absolute atomic E-state index is 0.0196. The number of nitrogens with zero attached hydrogens (tertiary/aromatic N) is 3. The monoisotopic (exact) mass is 394 g/mol. The van der Waals surface area contributed by atoms with Crippen molar-refractivity contribution in [1.82, 2.24) is 14.6 Å². The van der Waals surface area contributed by atoms with E-state index in [1.165, 1.54) is 11.3 Å². The molecule has 2 aromatic heterocycles. The highest BCUT2D eigenvalue weighted by Gasteiger charge is 2.31. The van der Waals surface area contributed by atoms with E-state index in [9.17, 15) is 0 Å². The van der Waals surface area contributed by atoms with Gasteiger partial charge in [0.15, 0.2) is 5.65 Å². The Kier molecular flexibility index (Phi) is 5.32. The van der Waals surface area contributed by atoms with E-state index in [2.05, 4.69) is 37.4 Å². The van der Waals surface area contributed by atoms with Gasteiger partial charge >= 0.3 is 0 Å². The van der Waals surface area contributed by atoms with Crippen LogP contribution in [0.25, 0.3) is 16.8 Å². The minimum Gasteiger partial charge on any atom is -0.497 e. The number of rotatable bonds is 6. The molecule has 2 atom stereocenters. The Morgan fingerprint density at radius 2 is 2.07 bits per heavy atom. The smallest absolute Gasteiger partial charge is 0.163 e. The van der Waals surface area contributed by atoms with E-state index in [1.54, 1.807) is 14.2 Å². The lowest BCUT2D eigenvalue weighted by molar-refractivity contribution is 0.175. The largest absolute Gasteiger partial charge is 0.497 e. The van der Waals surface area contributed by atoms with Gasteiger partial charge in [0.1, 0.15) is 5.75 Å². The first-order valence-corrected chi connectivity index (χ1v) is 10.3. The number of aromatic nitrogens is 3. The van der Waals surface area contributed by atoms with E-state index in [4.69, 9.17) is 25.3 Å². The van der Waals surface area contributed by atoms with Crippen LogP contribution >= 0.6 is 0 Å². The van der Waals surface area contributed by atoms with Crippen molar-refractivity contribution in [1.29, 1.82) is 0 Å². The molecule has 154 valence electrons. The van der Waals surface area contributed by atoms with Crippen molar-refractivity contribution in [3.63, 3.8) is 0 Å². The fourth-order valence-corrected chi connectivity index (χ4v) is 4.60. The molecule has 1 aromatic carbocycles. The second-order valence-electron chi connectivity index (χ2n) is 7.94. The summed E-state index contributed by atoms with van der Waals surface area (Å²) in [5.74, 6) is 1.11. The Hall–Kier alpha value is -2.44. The van der Waals surface area contributed by atoms with E-state index in [0.29, 0.717) is 6.61 Å². The molecule has 0 spiro atoms. The lowest BCUT2D eigenvalue weighted by Gasteiger charge is -2.20. The van der Waals surface area contributed by atoms with Gasteiger partial charge in [-0.1, -0.05) is 13.0 Å². The number of fused-ring (bicyclic) bond motifs is 2. The van der Waals surface area contributed by atoms with E-state index in [-0.39, 0.29) is 12.0 Å². The van der Waals surface area contributed by atoms with Crippen LogP contribution in [0.2, 0.25) is 0 Å². The van der Waals surface area contributed by atoms with Crippen LogP contribution in [-0.2, 0) is 11.2 Å². The molecular weight excluding hydrogens is 364 g/mol. The number of hydrogen-bond acceptors (Lipinski definition) is 5. The normalized spacial score (nSPS) is 17.0. The highest BCUT2D eigenvalue weighted by Crippen LogP contribution is 2.39. The zero-order chi connectivity index (χ0) is 20.7.